The Hall–Kier alpha value is -1.75. The van der Waals surface area contributed by atoms with E-state index in [2.05, 4.69) is 0 Å². The molecule has 5 heteroatoms. The maximum absolute atomic E-state index is 12.3. The molecule has 1 aliphatic rings. The van der Waals surface area contributed by atoms with Crippen LogP contribution in [0.25, 0.3) is 0 Å². The first-order valence-corrected chi connectivity index (χ1v) is 6.39. The molecule has 1 saturated heterocycles. The topological polar surface area (TPSA) is 64.8 Å². The van der Waals surface area contributed by atoms with Crippen LogP contribution in [0.5, 0.6) is 11.5 Å². The lowest BCUT2D eigenvalue weighted by Gasteiger charge is -2.18. The summed E-state index contributed by atoms with van der Waals surface area (Å²) in [5.41, 5.74) is 6.61. The van der Waals surface area contributed by atoms with E-state index in [1.807, 2.05) is 18.2 Å². The molecule has 0 saturated carbocycles. The number of carbonyl (C=O) groups excluding carboxylic acids is 1. The Bertz CT molecular complexity index is 440. The second-order valence-corrected chi connectivity index (χ2v) is 4.71. The van der Waals surface area contributed by atoms with Crippen LogP contribution in [-0.4, -0.2) is 44.2 Å². The van der Waals surface area contributed by atoms with Gasteiger partial charge in [0.25, 0.3) is 0 Å². The van der Waals surface area contributed by atoms with Gasteiger partial charge in [0.15, 0.2) is 0 Å². The standard InChI is InChI=1S/C14H20N2O3/c1-18-12-4-3-5-13(19-2)11(12)8-14(17)16-7-6-10(15)9-16/h3-5,10H,6-9,15H2,1-2H3/t10-/m1/s1. The molecule has 5 nitrogen and oxygen atoms in total. The number of rotatable bonds is 4. The monoisotopic (exact) mass is 264 g/mol. The number of nitrogens with two attached hydrogens (primary N) is 1. The Morgan fingerprint density at radius 3 is 2.47 bits per heavy atom. The van der Waals surface area contributed by atoms with Crippen molar-refractivity contribution in [3.63, 3.8) is 0 Å². The second kappa shape index (κ2) is 5.93. The van der Waals surface area contributed by atoms with Gasteiger partial charge in [0.2, 0.25) is 5.91 Å². The molecular weight excluding hydrogens is 244 g/mol. The smallest absolute Gasteiger partial charge is 0.227 e. The number of benzene rings is 1. The molecule has 19 heavy (non-hydrogen) atoms. The van der Waals surface area contributed by atoms with Crippen molar-refractivity contribution in [1.82, 2.24) is 4.90 Å². The third-order valence-electron chi connectivity index (χ3n) is 3.44. The average molecular weight is 264 g/mol. The summed E-state index contributed by atoms with van der Waals surface area (Å²) in [4.78, 5) is 14.1. The Morgan fingerprint density at radius 2 is 2.00 bits per heavy atom. The minimum absolute atomic E-state index is 0.0655. The minimum Gasteiger partial charge on any atom is -0.496 e. The summed E-state index contributed by atoms with van der Waals surface area (Å²) in [6, 6.07) is 5.61. The van der Waals surface area contributed by atoms with E-state index in [9.17, 15) is 4.79 Å². The van der Waals surface area contributed by atoms with Crippen LogP contribution in [0, 0.1) is 0 Å². The zero-order chi connectivity index (χ0) is 13.8. The molecule has 1 heterocycles. The number of likely N-dealkylation sites (tertiary alicyclic amines) is 1. The number of methoxy groups -OCH3 is 2. The molecule has 0 bridgehead atoms. The second-order valence-electron chi connectivity index (χ2n) is 4.71. The highest BCUT2D eigenvalue weighted by Crippen LogP contribution is 2.29. The molecule has 1 aliphatic heterocycles. The number of carbonyl (C=O) groups is 1. The summed E-state index contributed by atoms with van der Waals surface area (Å²) in [5.74, 6) is 1.42. The molecule has 0 unspecified atom stereocenters. The van der Waals surface area contributed by atoms with Crippen molar-refractivity contribution < 1.29 is 14.3 Å². The van der Waals surface area contributed by atoms with Crippen LogP contribution in [0.2, 0.25) is 0 Å². The molecule has 0 spiro atoms. The van der Waals surface area contributed by atoms with E-state index < -0.39 is 0 Å². The summed E-state index contributed by atoms with van der Waals surface area (Å²) in [7, 11) is 3.18. The highest BCUT2D eigenvalue weighted by atomic mass is 16.5. The molecule has 1 aromatic rings. The van der Waals surface area contributed by atoms with Crippen molar-refractivity contribution in [2.45, 2.75) is 18.9 Å². The quantitative estimate of drug-likeness (QED) is 0.874. The Labute approximate surface area is 113 Å². The molecule has 104 valence electrons. The molecule has 1 amide bonds. The van der Waals surface area contributed by atoms with Gasteiger partial charge in [-0.25, -0.2) is 0 Å². The van der Waals surface area contributed by atoms with Gasteiger partial charge in [0.1, 0.15) is 11.5 Å². The van der Waals surface area contributed by atoms with Gasteiger partial charge in [-0.05, 0) is 18.6 Å². The van der Waals surface area contributed by atoms with Gasteiger partial charge in [0, 0.05) is 24.7 Å². The van der Waals surface area contributed by atoms with Crippen molar-refractivity contribution in [2.24, 2.45) is 5.73 Å². The molecule has 0 radical (unpaired) electrons. The molecule has 1 atom stereocenters. The van der Waals surface area contributed by atoms with E-state index >= 15 is 0 Å². The number of ether oxygens (including phenoxy) is 2. The van der Waals surface area contributed by atoms with E-state index in [-0.39, 0.29) is 18.4 Å². The van der Waals surface area contributed by atoms with Crippen LogP contribution in [0.15, 0.2) is 18.2 Å². The van der Waals surface area contributed by atoms with Gasteiger partial charge in [-0.1, -0.05) is 6.07 Å². The first kappa shape index (κ1) is 13.7. The van der Waals surface area contributed by atoms with Crippen LogP contribution in [0.3, 0.4) is 0 Å². The van der Waals surface area contributed by atoms with Crippen molar-refractivity contribution in [1.29, 1.82) is 0 Å². The van der Waals surface area contributed by atoms with Crippen LogP contribution >= 0.6 is 0 Å². The minimum atomic E-state index is 0.0655. The number of hydrogen-bond donors (Lipinski definition) is 1. The lowest BCUT2D eigenvalue weighted by molar-refractivity contribution is -0.129. The fourth-order valence-electron chi connectivity index (χ4n) is 2.38. The van der Waals surface area contributed by atoms with E-state index in [1.165, 1.54) is 0 Å². The van der Waals surface area contributed by atoms with Crippen molar-refractivity contribution in [3.8, 4) is 11.5 Å². The maximum atomic E-state index is 12.3. The lowest BCUT2D eigenvalue weighted by Crippen LogP contribution is -2.33. The fraction of sp³-hybridized carbons (Fsp3) is 0.500. The van der Waals surface area contributed by atoms with E-state index in [0.29, 0.717) is 18.0 Å². The van der Waals surface area contributed by atoms with Gasteiger partial charge in [-0.3, -0.25) is 4.79 Å². The number of hydrogen-bond acceptors (Lipinski definition) is 4. The Kier molecular flexibility index (Phi) is 4.27. The molecular formula is C14H20N2O3. The van der Waals surface area contributed by atoms with Crippen LogP contribution in [0.1, 0.15) is 12.0 Å². The number of nitrogens with zero attached hydrogens (tertiary/aromatic N) is 1. The first-order chi connectivity index (χ1) is 9.15. The van der Waals surface area contributed by atoms with Gasteiger partial charge in [-0.15, -0.1) is 0 Å². The first-order valence-electron chi connectivity index (χ1n) is 6.39. The van der Waals surface area contributed by atoms with E-state index in [1.54, 1.807) is 19.1 Å². The molecule has 0 aromatic heterocycles. The predicted molar refractivity (Wildman–Crippen MR) is 72.4 cm³/mol. The third-order valence-corrected chi connectivity index (χ3v) is 3.44. The van der Waals surface area contributed by atoms with Crippen molar-refractivity contribution in [2.75, 3.05) is 27.3 Å². The maximum Gasteiger partial charge on any atom is 0.227 e. The van der Waals surface area contributed by atoms with Gasteiger partial charge in [-0.2, -0.15) is 0 Å². The lowest BCUT2D eigenvalue weighted by atomic mass is 10.1. The normalized spacial score (nSPS) is 18.5. The van der Waals surface area contributed by atoms with Crippen LogP contribution < -0.4 is 15.2 Å². The van der Waals surface area contributed by atoms with E-state index in [0.717, 1.165) is 18.5 Å². The van der Waals surface area contributed by atoms with Crippen LogP contribution in [0.4, 0.5) is 0 Å². The Balaban J connectivity index is 2.16. The largest absolute Gasteiger partial charge is 0.496 e. The molecule has 2 rings (SSSR count). The summed E-state index contributed by atoms with van der Waals surface area (Å²) >= 11 is 0. The Morgan fingerprint density at radius 1 is 1.37 bits per heavy atom. The SMILES string of the molecule is COc1cccc(OC)c1CC(=O)N1CC[C@@H](N)C1. The summed E-state index contributed by atoms with van der Waals surface area (Å²) in [6.45, 7) is 1.37. The predicted octanol–water partition coefficient (Wildman–Crippen LogP) is 0.806. The van der Waals surface area contributed by atoms with Gasteiger partial charge in [0.05, 0.1) is 20.6 Å². The summed E-state index contributed by atoms with van der Waals surface area (Å²) in [5, 5.41) is 0. The summed E-state index contributed by atoms with van der Waals surface area (Å²) < 4.78 is 10.6. The van der Waals surface area contributed by atoms with Crippen molar-refractivity contribution >= 4 is 5.91 Å². The molecule has 2 N–H and O–H groups in total. The highest BCUT2D eigenvalue weighted by Gasteiger charge is 2.25. The fourth-order valence-corrected chi connectivity index (χ4v) is 2.38. The zero-order valence-electron chi connectivity index (χ0n) is 11.4. The highest BCUT2D eigenvalue weighted by molar-refractivity contribution is 5.80. The molecule has 0 aliphatic carbocycles. The molecule has 1 aromatic carbocycles. The van der Waals surface area contributed by atoms with Gasteiger partial charge >= 0.3 is 0 Å². The van der Waals surface area contributed by atoms with Gasteiger partial charge < -0.3 is 20.1 Å². The van der Waals surface area contributed by atoms with Crippen molar-refractivity contribution in [3.05, 3.63) is 23.8 Å². The molecule has 1 fully saturated rings. The zero-order valence-corrected chi connectivity index (χ0v) is 11.4. The summed E-state index contributed by atoms with van der Waals surface area (Å²) in [6.07, 6.45) is 1.15. The van der Waals surface area contributed by atoms with E-state index in [4.69, 9.17) is 15.2 Å². The number of amides is 1. The van der Waals surface area contributed by atoms with Crippen LogP contribution in [-0.2, 0) is 11.2 Å². The average Bonchev–Trinajstić information content (AvgIpc) is 2.85. The third kappa shape index (κ3) is 2.98.